The minimum Gasteiger partial charge on any atom is -0.456 e. The van der Waals surface area contributed by atoms with Crippen LogP contribution in [-0.4, -0.2) is 35.7 Å². The van der Waals surface area contributed by atoms with Crippen LogP contribution in [0, 0.1) is 0 Å². The lowest BCUT2D eigenvalue weighted by atomic mass is 10.1. The van der Waals surface area contributed by atoms with E-state index in [4.69, 9.17) is 4.74 Å². The predicted molar refractivity (Wildman–Crippen MR) is 68.9 cm³/mol. The van der Waals surface area contributed by atoms with Crippen LogP contribution < -0.4 is 5.32 Å². The lowest BCUT2D eigenvalue weighted by molar-refractivity contribution is -0.146. The molecule has 0 aromatic rings. The molecule has 0 radical (unpaired) electrons. The van der Waals surface area contributed by atoms with Gasteiger partial charge in [0.1, 0.15) is 6.10 Å². The van der Waals surface area contributed by atoms with Crippen LogP contribution in [0.1, 0.15) is 40.0 Å². The van der Waals surface area contributed by atoms with Crippen LogP contribution in [0.25, 0.3) is 0 Å². The summed E-state index contributed by atoms with van der Waals surface area (Å²) in [5.74, 6) is -0.625. The van der Waals surface area contributed by atoms with Crippen molar-refractivity contribution < 1.29 is 19.4 Å². The number of rotatable bonds is 8. The summed E-state index contributed by atoms with van der Waals surface area (Å²) in [4.78, 5) is 22.3. The zero-order valence-electron chi connectivity index (χ0n) is 11.3. The maximum atomic E-state index is 11.3. The number of allylic oxidation sites excluding steroid dienone is 1. The highest BCUT2D eigenvalue weighted by atomic mass is 16.5. The number of ether oxygens (including phenoxy) is 1. The van der Waals surface area contributed by atoms with Crippen LogP contribution in [0.3, 0.4) is 0 Å². The summed E-state index contributed by atoms with van der Waals surface area (Å²) in [7, 11) is 0. The Morgan fingerprint density at radius 2 is 2.06 bits per heavy atom. The fourth-order valence-corrected chi connectivity index (χ4v) is 1.38. The van der Waals surface area contributed by atoms with E-state index in [0.29, 0.717) is 6.42 Å². The molecular weight excluding hydrogens is 234 g/mol. The number of aliphatic hydroxyl groups excluding tert-OH is 1. The Hall–Kier alpha value is -1.36. The molecule has 0 heterocycles. The summed E-state index contributed by atoms with van der Waals surface area (Å²) in [5, 5.41) is 11.9. The summed E-state index contributed by atoms with van der Waals surface area (Å²) in [6, 6.07) is -0.602. The average molecular weight is 257 g/mol. The average Bonchev–Trinajstić information content (AvgIpc) is 2.34. The Balaban J connectivity index is 4.65. The molecule has 1 amide bonds. The van der Waals surface area contributed by atoms with E-state index in [1.807, 2.05) is 13.0 Å². The van der Waals surface area contributed by atoms with Gasteiger partial charge in [-0.05, 0) is 12.5 Å². The quantitative estimate of drug-likeness (QED) is 0.505. The standard InChI is InChI=1S/C13H23NO4/c1-4-6-7-8-12(18-10(3)16)11(9-15)14-13(17)5-2/h7-8,11-12,15H,4-6,9H2,1-3H3,(H,14,17)/b8-7+/t11-,12+/m0/s1. The molecular formula is C13H23NO4. The molecule has 0 spiro atoms. The first kappa shape index (κ1) is 16.6. The summed E-state index contributed by atoms with van der Waals surface area (Å²) in [5.41, 5.74) is 0. The second-order valence-electron chi connectivity index (χ2n) is 4.00. The van der Waals surface area contributed by atoms with Crippen LogP contribution >= 0.6 is 0 Å². The molecule has 0 bridgehead atoms. The van der Waals surface area contributed by atoms with E-state index >= 15 is 0 Å². The second-order valence-corrected chi connectivity index (χ2v) is 4.00. The van der Waals surface area contributed by atoms with Crippen molar-refractivity contribution in [2.24, 2.45) is 0 Å². The first-order chi connectivity index (χ1) is 8.54. The molecule has 0 saturated carbocycles. The van der Waals surface area contributed by atoms with Crippen molar-refractivity contribution in [2.75, 3.05) is 6.61 Å². The number of aliphatic hydroxyl groups is 1. The van der Waals surface area contributed by atoms with Crippen LogP contribution in [0.4, 0.5) is 0 Å². The third-order valence-electron chi connectivity index (χ3n) is 2.34. The molecule has 104 valence electrons. The van der Waals surface area contributed by atoms with Gasteiger partial charge in [0.2, 0.25) is 5.91 Å². The van der Waals surface area contributed by atoms with Gasteiger partial charge in [-0.15, -0.1) is 0 Å². The van der Waals surface area contributed by atoms with Crippen molar-refractivity contribution in [1.29, 1.82) is 0 Å². The van der Waals surface area contributed by atoms with Crippen molar-refractivity contribution in [3.8, 4) is 0 Å². The Morgan fingerprint density at radius 3 is 2.50 bits per heavy atom. The zero-order chi connectivity index (χ0) is 14.0. The predicted octanol–water partition coefficient (Wildman–Crippen LogP) is 1.16. The van der Waals surface area contributed by atoms with Crippen LogP contribution in [0.2, 0.25) is 0 Å². The molecule has 0 aliphatic heterocycles. The van der Waals surface area contributed by atoms with Crippen LogP contribution in [0.5, 0.6) is 0 Å². The number of hydrogen-bond donors (Lipinski definition) is 2. The molecule has 2 atom stereocenters. The van der Waals surface area contributed by atoms with E-state index in [1.165, 1.54) is 6.92 Å². The van der Waals surface area contributed by atoms with Crippen molar-refractivity contribution in [3.05, 3.63) is 12.2 Å². The van der Waals surface area contributed by atoms with Crippen LogP contribution in [0.15, 0.2) is 12.2 Å². The molecule has 0 saturated heterocycles. The number of hydrogen-bond acceptors (Lipinski definition) is 4. The Kier molecular flexibility index (Phi) is 8.92. The molecule has 0 aromatic carbocycles. The fourth-order valence-electron chi connectivity index (χ4n) is 1.38. The van der Waals surface area contributed by atoms with Gasteiger partial charge in [0, 0.05) is 13.3 Å². The third-order valence-corrected chi connectivity index (χ3v) is 2.34. The summed E-state index contributed by atoms with van der Waals surface area (Å²) < 4.78 is 5.09. The molecule has 5 nitrogen and oxygen atoms in total. The van der Waals surface area contributed by atoms with Gasteiger partial charge in [-0.2, -0.15) is 0 Å². The van der Waals surface area contributed by atoms with E-state index in [-0.39, 0.29) is 12.5 Å². The monoisotopic (exact) mass is 257 g/mol. The molecule has 2 N–H and O–H groups in total. The van der Waals surface area contributed by atoms with Gasteiger partial charge in [0.15, 0.2) is 0 Å². The van der Waals surface area contributed by atoms with Gasteiger partial charge in [0.05, 0.1) is 12.6 Å². The highest BCUT2D eigenvalue weighted by Crippen LogP contribution is 2.05. The number of amides is 1. The number of nitrogens with one attached hydrogen (secondary N) is 1. The maximum absolute atomic E-state index is 11.3. The molecule has 0 aliphatic rings. The van der Waals surface area contributed by atoms with Crippen molar-refractivity contribution in [3.63, 3.8) is 0 Å². The highest BCUT2D eigenvalue weighted by Gasteiger charge is 2.22. The molecule has 0 rings (SSSR count). The van der Waals surface area contributed by atoms with E-state index in [2.05, 4.69) is 5.32 Å². The van der Waals surface area contributed by atoms with Gasteiger partial charge in [-0.3, -0.25) is 9.59 Å². The number of carbonyl (C=O) groups is 2. The van der Waals surface area contributed by atoms with E-state index < -0.39 is 18.1 Å². The van der Waals surface area contributed by atoms with Gasteiger partial charge >= 0.3 is 5.97 Å². The molecule has 0 aliphatic carbocycles. The minimum absolute atomic E-state index is 0.185. The van der Waals surface area contributed by atoms with Gasteiger partial charge in [0.25, 0.3) is 0 Å². The summed E-state index contributed by atoms with van der Waals surface area (Å²) >= 11 is 0. The van der Waals surface area contributed by atoms with Crippen molar-refractivity contribution in [1.82, 2.24) is 5.32 Å². The topological polar surface area (TPSA) is 75.6 Å². The van der Waals surface area contributed by atoms with E-state index in [1.54, 1.807) is 13.0 Å². The number of esters is 1. The molecule has 18 heavy (non-hydrogen) atoms. The lowest BCUT2D eigenvalue weighted by Crippen LogP contribution is -2.46. The molecule has 0 unspecified atom stereocenters. The van der Waals surface area contributed by atoms with Crippen molar-refractivity contribution in [2.45, 2.75) is 52.2 Å². The lowest BCUT2D eigenvalue weighted by Gasteiger charge is -2.23. The first-order valence-electron chi connectivity index (χ1n) is 6.29. The molecule has 0 fully saturated rings. The van der Waals surface area contributed by atoms with Gasteiger partial charge < -0.3 is 15.2 Å². The highest BCUT2D eigenvalue weighted by molar-refractivity contribution is 5.76. The van der Waals surface area contributed by atoms with Gasteiger partial charge in [-0.25, -0.2) is 0 Å². The Morgan fingerprint density at radius 1 is 1.39 bits per heavy atom. The Labute approximate surface area is 108 Å². The molecule has 5 heteroatoms. The van der Waals surface area contributed by atoms with E-state index in [0.717, 1.165) is 12.8 Å². The smallest absolute Gasteiger partial charge is 0.303 e. The summed E-state index contributed by atoms with van der Waals surface area (Å²) in [6.07, 6.45) is 5.12. The normalized spacial score (nSPS) is 14.2. The van der Waals surface area contributed by atoms with Crippen LogP contribution in [-0.2, 0) is 14.3 Å². The fraction of sp³-hybridized carbons (Fsp3) is 0.692. The van der Waals surface area contributed by atoms with E-state index in [9.17, 15) is 14.7 Å². The number of carbonyl (C=O) groups excluding carboxylic acids is 2. The minimum atomic E-state index is -0.630. The van der Waals surface area contributed by atoms with Gasteiger partial charge in [-0.1, -0.05) is 26.3 Å². The number of unbranched alkanes of at least 4 members (excludes halogenated alkanes) is 1. The Bertz CT molecular complexity index is 289. The maximum Gasteiger partial charge on any atom is 0.303 e. The summed E-state index contributed by atoms with van der Waals surface area (Å²) in [6.45, 7) is 4.78. The zero-order valence-corrected chi connectivity index (χ0v) is 11.3. The third kappa shape index (κ3) is 7.06. The van der Waals surface area contributed by atoms with Crippen molar-refractivity contribution >= 4 is 11.9 Å². The first-order valence-corrected chi connectivity index (χ1v) is 6.29. The second kappa shape index (κ2) is 9.65. The largest absolute Gasteiger partial charge is 0.456 e. The SMILES string of the molecule is CCC/C=C/[C@@H](OC(C)=O)[C@H](CO)NC(=O)CC. The molecule has 0 aromatic heterocycles.